The zero-order chi connectivity index (χ0) is 21.0. The fraction of sp³-hybridized carbons (Fsp3) is 0.375. The van der Waals surface area contributed by atoms with E-state index in [1.54, 1.807) is 4.90 Å². The fourth-order valence-electron chi connectivity index (χ4n) is 2.78. The normalized spacial score (nSPS) is 16.2. The Kier molecular flexibility index (Phi) is 6.39. The number of alkyl halides is 1. The number of benzene rings is 1. The molecule has 13 heteroatoms. The lowest BCUT2D eigenvalue weighted by atomic mass is 9.96. The van der Waals surface area contributed by atoms with E-state index in [4.69, 9.17) is 0 Å². The highest BCUT2D eigenvalue weighted by Gasteiger charge is 2.44. The van der Waals surface area contributed by atoms with Crippen molar-refractivity contribution in [2.45, 2.75) is 5.67 Å². The van der Waals surface area contributed by atoms with Crippen LogP contribution in [0.4, 0.5) is 20.3 Å². The van der Waals surface area contributed by atoms with E-state index in [1.807, 2.05) is 5.48 Å². The summed E-state index contributed by atoms with van der Waals surface area (Å²) in [5.74, 6) is -0.722. The first-order valence-corrected chi connectivity index (χ1v) is 9.25. The average molecular weight is 474 g/mol. The van der Waals surface area contributed by atoms with E-state index in [2.05, 4.69) is 46.5 Å². The van der Waals surface area contributed by atoms with Gasteiger partial charge >= 0.3 is 0 Å². The summed E-state index contributed by atoms with van der Waals surface area (Å²) in [6, 6.07) is 4.00. The lowest BCUT2D eigenvalue weighted by molar-refractivity contribution is -0.125. The van der Waals surface area contributed by atoms with Crippen molar-refractivity contribution < 1.29 is 23.4 Å². The molecule has 156 valence electrons. The van der Waals surface area contributed by atoms with Crippen LogP contribution < -0.4 is 16.1 Å². The summed E-state index contributed by atoms with van der Waals surface area (Å²) in [7, 11) is 1.52. The predicted octanol–water partition coefficient (Wildman–Crippen LogP) is 1.21. The Balaban J connectivity index is 1.66. The minimum absolute atomic E-state index is 0.0121. The number of aromatic nitrogens is 2. The van der Waals surface area contributed by atoms with E-state index in [1.165, 1.54) is 25.2 Å². The Morgan fingerprint density at radius 2 is 2.21 bits per heavy atom. The molecule has 1 aromatic carbocycles. The molecule has 1 aromatic heterocycles. The fourth-order valence-corrected chi connectivity index (χ4v) is 3.14. The van der Waals surface area contributed by atoms with Gasteiger partial charge in [0.05, 0.1) is 23.2 Å². The van der Waals surface area contributed by atoms with E-state index in [0.29, 0.717) is 5.69 Å². The molecular weight excluding hydrogens is 456 g/mol. The van der Waals surface area contributed by atoms with Gasteiger partial charge in [-0.25, -0.2) is 18.4 Å². The molecule has 3 rings (SSSR count). The SMILES string of the molecule is CNC(=O)CN1CC(F)(CNc2nonc2C(=Nc2ccc(F)c(Br)c2)NO)C1. The van der Waals surface area contributed by atoms with Gasteiger partial charge in [-0.15, -0.1) is 0 Å². The number of hydrogen-bond donors (Lipinski definition) is 4. The van der Waals surface area contributed by atoms with Crippen molar-refractivity contribution in [1.82, 2.24) is 26.0 Å². The summed E-state index contributed by atoms with van der Waals surface area (Å²) in [5.41, 5.74) is 0.647. The van der Waals surface area contributed by atoms with Crippen LogP contribution in [0.1, 0.15) is 5.69 Å². The average Bonchev–Trinajstić information content (AvgIpc) is 3.14. The van der Waals surface area contributed by atoms with Gasteiger partial charge in [-0.2, -0.15) is 0 Å². The van der Waals surface area contributed by atoms with E-state index < -0.39 is 11.5 Å². The van der Waals surface area contributed by atoms with Gasteiger partial charge in [0.25, 0.3) is 0 Å². The van der Waals surface area contributed by atoms with Crippen LogP contribution in [0, 0.1) is 5.82 Å². The van der Waals surface area contributed by atoms with Gasteiger partial charge in [-0.3, -0.25) is 20.4 Å². The molecule has 29 heavy (non-hydrogen) atoms. The maximum atomic E-state index is 14.7. The maximum absolute atomic E-state index is 14.7. The number of amides is 1. The van der Waals surface area contributed by atoms with Crippen molar-refractivity contribution in [1.29, 1.82) is 0 Å². The third kappa shape index (κ3) is 5.05. The van der Waals surface area contributed by atoms with Crippen molar-refractivity contribution in [2.24, 2.45) is 4.99 Å². The molecule has 0 unspecified atom stereocenters. The number of amidine groups is 1. The van der Waals surface area contributed by atoms with Crippen LogP contribution >= 0.6 is 15.9 Å². The molecule has 0 saturated carbocycles. The number of nitrogens with one attached hydrogen (secondary N) is 3. The zero-order valence-electron chi connectivity index (χ0n) is 15.2. The molecular formula is C16H18BrF2N7O3. The van der Waals surface area contributed by atoms with Gasteiger partial charge in [0.2, 0.25) is 11.7 Å². The second-order valence-electron chi connectivity index (χ2n) is 6.45. The highest BCUT2D eigenvalue weighted by Crippen LogP contribution is 2.26. The third-order valence-corrected chi connectivity index (χ3v) is 4.80. The number of hydrogen-bond acceptors (Lipinski definition) is 8. The number of rotatable bonds is 7. The molecule has 1 aliphatic heterocycles. The van der Waals surface area contributed by atoms with E-state index in [-0.39, 0.29) is 53.9 Å². The summed E-state index contributed by atoms with van der Waals surface area (Å²) in [6.45, 7) is 0.171. The van der Waals surface area contributed by atoms with Crippen LogP contribution in [0.5, 0.6) is 0 Å². The minimum atomic E-state index is -1.56. The topological polar surface area (TPSA) is 128 Å². The summed E-state index contributed by atoms with van der Waals surface area (Å²) in [5, 5.41) is 22.0. The van der Waals surface area contributed by atoms with Crippen LogP contribution in [0.2, 0.25) is 0 Å². The molecule has 1 aliphatic rings. The Morgan fingerprint density at radius 1 is 1.45 bits per heavy atom. The van der Waals surface area contributed by atoms with Crippen molar-refractivity contribution in [3.63, 3.8) is 0 Å². The maximum Gasteiger partial charge on any atom is 0.233 e. The van der Waals surface area contributed by atoms with Crippen LogP contribution in [-0.4, -0.2) is 71.1 Å². The summed E-state index contributed by atoms with van der Waals surface area (Å²) >= 11 is 3.05. The number of nitrogens with zero attached hydrogens (tertiary/aromatic N) is 4. The Bertz CT molecular complexity index is 918. The molecule has 0 bridgehead atoms. The van der Waals surface area contributed by atoms with Gasteiger partial charge in [0.15, 0.2) is 17.2 Å². The Hall–Kier alpha value is -2.64. The largest absolute Gasteiger partial charge is 0.362 e. The van der Waals surface area contributed by atoms with E-state index >= 15 is 0 Å². The van der Waals surface area contributed by atoms with Crippen molar-refractivity contribution in [2.75, 3.05) is 38.5 Å². The molecule has 0 radical (unpaired) electrons. The van der Waals surface area contributed by atoms with Gasteiger partial charge in [0, 0.05) is 20.1 Å². The van der Waals surface area contributed by atoms with Gasteiger partial charge < -0.3 is 10.6 Å². The molecule has 4 N–H and O–H groups in total. The highest BCUT2D eigenvalue weighted by atomic mass is 79.9. The molecule has 1 amide bonds. The number of carbonyl (C=O) groups excluding carboxylic acids is 1. The molecule has 10 nitrogen and oxygen atoms in total. The number of hydroxylamine groups is 1. The number of likely N-dealkylation sites (N-methyl/N-ethyl adjacent to an activating group) is 1. The van der Waals surface area contributed by atoms with Crippen LogP contribution in [0.25, 0.3) is 0 Å². The Labute approximate surface area is 172 Å². The Morgan fingerprint density at radius 3 is 2.86 bits per heavy atom. The first-order chi connectivity index (χ1) is 13.8. The molecule has 1 saturated heterocycles. The lowest BCUT2D eigenvalue weighted by Gasteiger charge is -2.44. The quantitative estimate of drug-likeness (QED) is 0.268. The smallest absolute Gasteiger partial charge is 0.233 e. The number of halogens is 3. The van der Waals surface area contributed by atoms with Gasteiger partial charge in [0.1, 0.15) is 5.82 Å². The molecule has 0 aliphatic carbocycles. The minimum Gasteiger partial charge on any atom is -0.362 e. The van der Waals surface area contributed by atoms with Crippen molar-refractivity contribution in [3.8, 4) is 0 Å². The summed E-state index contributed by atoms with van der Waals surface area (Å²) in [6.07, 6.45) is 0. The second-order valence-corrected chi connectivity index (χ2v) is 7.31. The second kappa shape index (κ2) is 8.80. The summed E-state index contributed by atoms with van der Waals surface area (Å²) in [4.78, 5) is 17.1. The zero-order valence-corrected chi connectivity index (χ0v) is 16.8. The van der Waals surface area contributed by atoms with Crippen LogP contribution in [0.3, 0.4) is 0 Å². The van der Waals surface area contributed by atoms with Crippen LogP contribution in [-0.2, 0) is 4.79 Å². The number of carbonyl (C=O) groups is 1. The molecule has 0 atom stereocenters. The van der Waals surface area contributed by atoms with Crippen molar-refractivity contribution >= 4 is 39.2 Å². The van der Waals surface area contributed by atoms with E-state index in [9.17, 15) is 18.8 Å². The molecule has 2 aromatic rings. The molecule has 1 fully saturated rings. The highest BCUT2D eigenvalue weighted by molar-refractivity contribution is 9.10. The first kappa shape index (κ1) is 21.1. The van der Waals surface area contributed by atoms with Crippen molar-refractivity contribution in [3.05, 3.63) is 34.2 Å². The van der Waals surface area contributed by atoms with Gasteiger partial charge in [-0.05, 0) is 44.4 Å². The predicted molar refractivity (Wildman–Crippen MR) is 102 cm³/mol. The number of anilines is 1. The summed E-state index contributed by atoms with van der Waals surface area (Å²) < 4.78 is 32.9. The number of likely N-dealkylation sites (tertiary alicyclic amines) is 1. The van der Waals surface area contributed by atoms with Gasteiger partial charge in [-0.1, -0.05) is 0 Å². The number of aliphatic imine (C=N–C) groups is 1. The van der Waals surface area contributed by atoms with Crippen LogP contribution in [0.15, 0.2) is 32.3 Å². The first-order valence-electron chi connectivity index (χ1n) is 8.46. The molecule has 0 spiro atoms. The standard InChI is InChI=1S/C16H18BrF2N7O3/c1-20-12(27)5-26-7-16(19,8-26)6-21-14-13(24-29-25-14)15(23-28)22-9-2-3-11(18)10(17)4-9/h2-4,28H,5-8H2,1H3,(H,20,27)(H,21,25)(H,22,23). The lowest BCUT2D eigenvalue weighted by Crippen LogP contribution is -2.63. The van der Waals surface area contributed by atoms with E-state index in [0.717, 1.165) is 0 Å². The monoisotopic (exact) mass is 473 g/mol. The third-order valence-electron chi connectivity index (χ3n) is 4.20. The molecule has 2 heterocycles.